The lowest BCUT2D eigenvalue weighted by atomic mass is 10.2. The van der Waals surface area contributed by atoms with Crippen LogP contribution >= 0.6 is 31.9 Å². The molecule has 6 heteroatoms. The topological polar surface area (TPSA) is 36.4 Å². The van der Waals surface area contributed by atoms with E-state index in [1.165, 1.54) is 0 Å². The standard InChI is InChI=1S/C12H15Br2N3O/c13-3-4-16-5-7-17(8-6-16)12(18)11-2-1-10(14)9-15-11/h1-2,9H,3-8H2. The number of hydrogen-bond acceptors (Lipinski definition) is 3. The summed E-state index contributed by atoms with van der Waals surface area (Å²) in [6.07, 6.45) is 1.66. The third-order valence-electron chi connectivity index (χ3n) is 3.01. The second-order valence-corrected chi connectivity index (χ2v) is 5.89. The summed E-state index contributed by atoms with van der Waals surface area (Å²) in [6, 6.07) is 3.61. The van der Waals surface area contributed by atoms with Gasteiger partial charge in [-0.3, -0.25) is 9.69 Å². The number of carbonyl (C=O) groups excluding carboxylic acids is 1. The molecular weight excluding hydrogens is 362 g/mol. The van der Waals surface area contributed by atoms with Gasteiger partial charge in [0.2, 0.25) is 0 Å². The van der Waals surface area contributed by atoms with Gasteiger partial charge >= 0.3 is 0 Å². The molecule has 2 rings (SSSR count). The van der Waals surface area contributed by atoms with Gasteiger partial charge in [-0.1, -0.05) is 15.9 Å². The van der Waals surface area contributed by atoms with Crippen LogP contribution in [0.2, 0.25) is 0 Å². The quantitative estimate of drug-likeness (QED) is 0.757. The van der Waals surface area contributed by atoms with Gasteiger partial charge in [0.05, 0.1) is 0 Å². The van der Waals surface area contributed by atoms with Gasteiger partial charge in [-0.15, -0.1) is 0 Å². The SMILES string of the molecule is O=C(c1ccc(Br)cn1)N1CCN(CCBr)CC1. The minimum atomic E-state index is 0.0287. The van der Waals surface area contributed by atoms with E-state index in [1.807, 2.05) is 11.0 Å². The third-order valence-corrected chi connectivity index (χ3v) is 3.83. The van der Waals surface area contributed by atoms with Crippen LogP contribution in [0.25, 0.3) is 0 Å². The van der Waals surface area contributed by atoms with E-state index in [1.54, 1.807) is 12.3 Å². The molecule has 1 aromatic rings. The Balaban J connectivity index is 1.93. The summed E-state index contributed by atoms with van der Waals surface area (Å²) in [5.74, 6) is 0.0287. The summed E-state index contributed by atoms with van der Waals surface area (Å²) in [5, 5.41) is 0.981. The number of carbonyl (C=O) groups is 1. The van der Waals surface area contributed by atoms with Crippen molar-refractivity contribution >= 4 is 37.8 Å². The van der Waals surface area contributed by atoms with Gasteiger partial charge in [0.25, 0.3) is 5.91 Å². The number of hydrogen-bond donors (Lipinski definition) is 0. The third kappa shape index (κ3) is 3.52. The molecule has 0 aromatic carbocycles. The fraction of sp³-hybridized carbons (Fsp3) is 0.500. The van der Waals surface area contributed by atoms with Gasteiger partial charge in [0, 0.05) is 48.7 Å². The molecule has 1 aliphatic rings. The minimum absolute atomic E-state index is 0.0287. The van der Waals surface area contributed by atoms with E-state index >= 15 is 0 Å². The molecule has 0 spiro atoms. The van der Waals surface area contributed by atoms with Gasteiger partial charge < -0.3 is 4.90 Å². The number of amides is 1. The van der Waals surface area contributed by atoms with E-state index in [-0.39, 0.29) is 5.91 Å². The van der Waals surface area contributed by atoms with Gasteiger partial charge in [-0.25, -0.2) is 4.98 Å². The number of halogens is 2. The average Bonchev–Trinajstić information content (AvgIpc) is 2.40. The van der Waals surface area contributed by atoms with E-state index in [9.17, 15) is 4.79 Å². The monoisotopic (exact) mass is 375 g/mol. The Labute approximate surface area is 124 Å². The highest BCUT2D eigenvalue weighted by molar-refractivity contribution is 9.10. The van der Waals surface area contributed by atoms with E-state index in [0.717, 1.165) is 42.5 Å². The zero-order valence-electron chi connectivity index (χ0n) is 9.98. The molecule has 1 aliphatic heterocycles. The molecule has 0 unspecified atom stereocenters. The summed E-state index contributed by atoms with van der Waals surface area (Å²) < 4.78 is 0.890. The van der Waals surface area contributed by atoms with Crippen molar-refractivity contribution in [2.45, 2.75) is 0 Å². The molecule has 0 N–H and O–H groups in total. The summed E-state index contributed by atoms with van der Waals surface area (Å²) >= 11 is 6.75. The number of aromatic nitrogens is 1. The highest BCUT2D eigenvalue weighted by Crippen LogP contribution is 2.11. The van der Waals surface area contributed by atoms with Crippen molar-refractivity contribution < 1.29 is 4.79 Å². The van der Waals surface area contributed by atoms with Crippen LogP contribution in [0.15, 0.2) is 22.8 Å². The molecule has 0 atom stereocenters. The Morgan fingerprint density at radius 1 is 1.28 bits per heavy atom. The number of rotatable bonds is 3. The van der Waals surface area contributed by atoms with E-state index in [2.05, 4.69) is 41.7 Å². The number of piperazine rings is 1. The molecule has 1 aromatic heterocycles. The summed E-state index contributed by atoms with van der Waals surface area (Å²) in [5.41, 5.74) is 0.521. The van der Waals surface area contributed by atoms with Crippen LogP contribution in [0.5, 0.6) is 0 Å². The molecule has 18 heavy (non-hydrogen) atoms. The Hall–Kier alpha value is -0.460. The smallest absolute Gasteiger partial charge is 0.272 e. The molecule has 0 saturated carbocycles. The first-order chi connectivity index (χ1) is 8.70. The minimum Gasteiger partial charge on any atom is -0.335 e. The second-order valence-electron chi connectivity index (χ2n) is 4.18. The lowest BCUT2D eigenvalue weighted by Crippen LogP contribution is -2.49. The predicted octanol–water partition coefficient (Wildman–Crippen LogP) is 2.00. The van der Waals surface area contributed by atoms with Gasteiger partial charge in [0.15, 0.2) is 0 Å². The fourth-order valence-electron chi connectivity index (χ4n) is 1.96. The van der Waals surface area contributed by atoms with Crippen LogP contribution in [0.3, 0.4) is 0 Å². The zero-order valence-corrected chi connectivity index (χ0v) is 13.2. The molecular formula is C12H15Br2N3O. The maximum atomic E-state index is 12.2. The zero-order chi connectivity index (χ0) is 13.0. The van der Waals surface area contributed by atoms with Crippen LogP contribution < -0.4 is 0 Å². The Morgan fingerprint density at radius 3 is 2.56 bits per heavy atom. The van der Waals surface area contributed by atoms with Gasteiger partial charge in [-0.05, 0) is 28.1 Å². The Kier molecular flexibility index (Phi) is 5.14. The van der Waals surface area contributed by atoms with E-state index in [0.29, 0.717) is 5.69 Å². The van der Waals surface area contributed by atoms with Crippen LogP contribution in [0.4, 0.5) is 0 Å². The number of alkyl halides is 1. The van der Waals surface area contributed by atoms with Crippen molar-refractivity contribution in [2.24, 2.45) is 0 Å². The van der Waals surface area contributed by atoms with Crippen molar-refractivity contribution in [3.8, 4) is 0 Å². The molecule has 0 radical (unpaired) electrons. The van der Waals surface area contributed by atoms with E-state index in [4.69, 9.17) is 0 Å². The maximum Gasteiger partial charge on any atom is 0.272 e. The lowest BCUT2D eigenvalue weighted by molar-refractivity contribution is 0.0639. The summed E-state index contributed by atoms with van der Waals surface area (Å²) in [4.78, 5) is 20.6. The largest absolute Gasteiger partial charge is 0.335 e. The molecule has 1 saturated heterocycles. The molecule has 0 bridgehead atoms. The highest BCUT2D eigenvalue weighted by Gasteiger charge is 2.22. The summed E-state index contributed by atoms with van der Waals surface area (Å²) in [7, 11) is 0. The first-order valence-electron chi connectivity index (χ1n) is 5.90. The van der Waals surface area contributed by atoms with Crippen LogP contribution in [-0.4, -0.2) is 58.7 Å². The predicted molar refractivity (Wildman–Crippen MR) is 78.1 cm³/mol. The molecule has 2 heterocycles. The van der Waals surface area contributed by atoms with E-state index < -0.39 is 0 Å². The molecule has 0 aliphatic carbocycles. The fourth-order valence-corrected chi connectivity index (χ4v) is 2.69. The number of nitrogens with zero attached hydrogens (tertiary/aromatic N) is 3. The normalized spacial score (nSPS) is 16.9. The second kappa shape index (κ2) is 6.63. The molecule has 98 valence electrons. The molecule has 1 amide bonds. The number of pyridine rings is 1. The van der Waals surface area contributed by atoms with Crippen molar-refractivity contribution in [3.05, 3.63) is 28.5 Å². The summed E-state index contributed by atoms with van der Waals surface area (Å²) in [6.45, 7) is 4.48. The maximum absolute atomic E-state index is 12.2. The van der Waals surface area contributed by atoms with Gasteiger partial charge in [-0.2, -0.15) is 0 Å². The lowest BCUT2D eigenvalue weighted by Gasteiger charge is -2.34. The van der Waals surface area contributed by atoms with Crippen LogP contribution in [0.1, 0.15) is 10.5 Å². The Bertz CT molecular complexity index is 402. The first-order valence-corrected chi connectivity index (χ1v) is 7.81. The van der Waals surface area contributed by atoms with Crippen molar-refractivity contribution in [2.75, 3.05) is 38.1 Å². The van der Waals surface area contributed by atoms with Crippen molar-refractivity contribution in [3.63, 3.8) is 0 Å². The average molecular weight is 377 g/mol. The van der Waals surface area contributed by atoms with Gasteiger partial charge in [0.1, 0.15) is 5.69 Å². The highest BCUT2D eigenvalue weighted by atomic mass is 79.9. The van der Waals surface area contributed by atoms with Crippen molar-refractivity contribution in [1.29, 1.82) is 0 Å². The van der Waals surface area contributed by atoms with Crippen LogP contribution in [0, 0.1) is 0 Å². The molecule has 4 nitrogen and oxygen atoms in total. The van der Waals surface area contributed by atoms with Crippen LogP contribution in [-0.2, 0) is 0 Å². The Morgan fingerprint density at radius 2 is 2.00 bits per heavy atom. The molecule has 1 fully saturated rings. The van der Waals surface area contributed by atoms with Crippen molar-refractivity contribution in [1.82, 2.24) is 14.8 Å². The first kappa shape index (κ1) is 14.0.